The topological polar surface area (TPSA) is 71.4 Å². The molecule has 0 unspecified atom stereocenters. The molecule has 0 saturated carbocycles. The molecule has 94 valence electrons. The first-order valence-corrected chi connectivity index (χ1v) is 5.10. The molecule has 0 saturated heterocycles. The molecule has 0 bridgehead atoms. The minimum Gasteiger partial charge on any atom is -0.504 e. The molecule has 1 aromatic carbocycles. The van der Waals surface area contributed by atoms with E-state index in [1.165, 1.54) is 0 Å². The molecule has 0 spiro atoms. The summed E-state index contributed by atoms with van der Waals surface area (Å²) in [5, 5.41) is 9.64. The number of carbonyl (C=O) groups excluding carboxylic acids is 3. The molecule has 4 nitrogen and oxygen atoms in total. The molecular formula is C13H11FO4. The summed E-state index contributed by atoms with van der Waals surface area (Å²) in [5.74, 6) is -3.74. The number of aliphatic hydroxyl groups excluding tert-OH is 1. The quantitative estimate of drug-likeness (QED) is 0.291. The van der Waals surface area contributed by atoms with Gasteiger partial charge in [0.05, 0.1) is 0 Å². The van der Waals surface area contributed by atoms with Gasteiger partial charge in [0.1, 0.15) is 11.4 Å². The lowest BCUT2D eigenvalue weighted by Gasteiger charge is -2.04. The van der Waals surface area contributed by atoms with Crippen LogP contribution in [0.15, 0.2) is 35.6 Å². The molecule has 1 N–H and O–H groups in total. The second-order valence-electron chi connectivity index (χ2n) is 3.67. The van der Waals surface area contributed by atoms with Crippen LogP contribution in [0.1, 0.15) is 24.2 Å². The van der Waals surface area contributed by atoms with E-state index in [-0.39, 0.29) is 5.56 Å². The Labute approximate surface area is 103 Å². The van der Waals surface area contributed by atoms with E-state index in [0.29, 0.717) is 0 Å². The first-order valence-electron chi connectivity index (χ1n) is 5.10. The Hall–Kier alpha value is -2.30. The number of Topliss-reactive ketones (excluding diaryl/α,β-unsaturated/α-hetero) is 3. The first kappa shape index (κ1) is 13.8. The molecule has 0 fully saturated rings. The minimum atomic E-state index is -0.915. The maximum atomic E-state index is 12.7. The zero-order chi connectivity index (χ0) is 13.9. The standard InChI is InChI=1S/C13H11FO4/c1-7(15)11(8(2)16)13(18)12(17)9-3-5-10(14)6-4-9/h3-6,18H,1-2H3. The van der Waals surface area contributed by atoms with Crippen LogP contribution in [0.25, 0.3) is 0 Å². The number of benzene rings is 1. The second kappa shape index (κ2) is 5.35. The molecule has 0 atom stereocenters. The van der Waals surface area contributed by atoms with Crippen LogP contribution in [-0.4, -0.2) is 22.5 Å². The number of ketones is 3. The molecule has 0 aliphatic rings. The first-order chi connectivity index (χ1) is 8.34. The smallest absolute Gasteiger partial charge is 0.228 e. The van der Waals surface area contributed by atoms with Gasteiger partial charge in [-0.25, -0.2) is 4.39 Å². The molecule has 18 heavy (non-hydrogen) atoms. The van der Waals surface area contributed by atoms with E-state index < -0.39 is 34.5 Å². The van der Waals surface area contributed by atoms with Gasteiger partial charge in [-0.3, -0.25) is 14.4 Å². The fraction of sp³-hybridized carbons (Fsp3) is 0.154. The van der Waals surface area contributed by atoms with Gasteiger partial charge >= 0.3 is 0 Å². The normalized spacial score (nSPS) is 9.72. The number of allylic oxidation sites excluding steroid dienone is 2. The highest BCUT2D eigenvalue weighted by Gasteiger charge is 2.22. The van der Waals surface area contributed by atoms with Crippen molar-refractivity contribution in [2.45, 2.75) is 13.8 Å². The van der Waals surface area contributed by atoms with E-state index in [9.17, 15) is 23.9 Å². The fourth-order valence-electron chi connectivity index (χ4n) is 1.43. The maximum Gasteiger partial charge on any atom is 0.228 e. The van der Waals surface area contributed by atoms with Crippen LogP contribution >= 0.6 is 0 Å². The highest BCUT2D eigenvalue weighted by atomic mass is 19.1. The lowest BCUT2D eigenvalue weighted by atomic mass is 10.0. The Morgan fingerprint density at radius 2 is 1.44 bits per heavy atom. The van der Waals surface area contributed by atoms with E-state index in [2.05, 4.69) is 0 Å². The third kappa shape index (κ3) is 2.88. The van der Waals surface area contributed by atoms with Crippen molar-refractivity contribution < 1.29 is 23.9 Å². The van der Waals surface area contributed by atoms with E-state index in [4.69, 9.17) is 0 Å². The fourth-order valence-corrected chi connectivity index (χ4v) is 1.43. The molecule has 0 radical (unpaired) electrons. The predicted octanol–water partition coefficient (Wildman–Crippen LogP) is 2.00. The lowest BCUT2D eigenvalue weighted by Crippen LogP contribution is -2.15. The number of carbonyl (C=O) groups is 3. The van der Waals surface area contributed by atoms with Gasteiger partial charge in [-0.05, 0) is 38.1 Å². The number of aliphatic hydroxyl groups is 1. The number of halogens is 1. The van der Waals surface area contributed by atoms with Crippen molar-refractivity contribution in [1.29, 1.82) is 0 Å². The van der Waals surface area contributed by atoms with Crippen molar-refractivity contribution in [1.82, 2.24) is 0 Å². The molecule has 0 aliphatic carbocycles. The van der Waals surface area contributed by atoms with E-state index in [0.717, 1.165) is 38.1 Å². The lowest BCUT2D eigenvalue weighted by molar-refractivity contribution is -0.119. The predicted molar refractivity (Wildman–Crippen MR) is 61.7 cm³/mol. The van der Waals surface area contributed by atoms with E-state index in [1.807, 2.05) is 0 Å². The largest absolute Gasteiger partial charge is 0.504 e. The van der Waals surface area contributed by atoms with Crippen molar-refractivity contribution in [3.05, 3.63) is 47.0 Å². The van der Waals surface area contributed by atoms with Crippen LogP contribution in [0.4, 0.5) is 4.39 Å². The highest BCUT2D eigenvalue weighted by Crippen LogP contribution is 2.13. The summed E-state index contributed by atoms with van der Waals surface area (Å²) in [6.45, 7) is 2.15. The Bertz CT molecular complexity index is 525. The second-order valence-corrected chi connectivity index (χ2v) is 3.67. The monoisotopic (exact) mass is 250 g/mol. The number of hydrogen-bond acceptors (Lipinski definition) is 4. The van der Waals surface area contributed by atoms with Gasteiger partial charge in [-0.1, -0.05) is 0 Å². The molecule has 5 heteroatoms. The van der Waals surface area contributed by atoms with Crippen molar-refractivity contribution >= 4 is 17.3 Å². The van der Waals surface area contributed by atoms with Gasteiger partial charge in [0, 0.05) is 5.56 Å². The van der Waals surface area contributed by atoms with Gasteiger partial charge in [0.15, 0.2) is 17.3 Å². The van der Waals surface area contributed by atoms with Gasteiger partial charge in [-0.2, -0.15) is 0 Å². The Balaban J connectivity index is 3.24. The third-order valence-corrected chi connectivity index (χ3v) is 2.26. The van der Waals surface area contributed by atoms with E-state index >= 15 is 0 Å². The Kier molecular flexibility index (Phi) is 4.09. The molecule has 0 heterocycles. The SMILES string of the molecule is CC(=O)C(C(C)=O)=C(O)C(=O)c1ccc(F)cc1. The van der Waals surface area contributed by atoms with Gasteiger partial charge in [-0.15, -0.1) is 0 Å². The van der Waals surface area contributed by atoms with Gasteiger partial charge in [0.25, 0.3) is 0 Å². The summed E-state index contributed by atoms with van der Waals surface area (Å²) in [7, 11) is 0. The van der Waals surface area contributed by atoms with E-state index in [1.54, 1.807) is 0 Å². The molecule has 1 aromatic rings. The summed E-state index contributed by atoms with van der Waals surface area (Å²) < 4.78 is 12.7. The summed E-state index contributed by atoms with van der Waals surface area (Å²) >= 11 is 0. The molecule has 0 aliphatic heterocycles. The Morgan fingerprint density at radius 3 is 1.83 bits per heavy atom. The average Bonchev–Trinajstić information content (AvgIpc) is 2.28. The number of rotatable bonds is 4. The zero-order valence-electron chi connectivity index (χ0n) is 9.86. The molecule has 0 aromatic heterocycles. The van der Waals surface area contributed by atoms with Gasteiger partial charge in [0.2, 0.25) is 5.78 Å². The summed E-state index contributed by atoms with van der Waals surface area (Å²) in [5.41, 5.74) is -0.557. The van der Waals surface area contributed by atoms with Crippen molar-refractivity contribution in [3.8, 4) is 0 Å². The van der Waals surface area contributed by atoms with Crippen molar-refractivity contribution in [2.24, 2.45) is 0 Å². The minimum absolute atomic E-state index is 0.00565. The van der Waals surface area contributed by atoms with Crippen LogP contribution < -0.4 is 0 Å². The molecule has 0 amide bonds. The molecule has 1 rings (SSSR count). The van der Waals surface area contributed by atoms with Crippen molar-refractivity contribution in [2.75, 3.05) is 0 Å². The van der Waals surface area contributed by atoms with Crippen LogP contribution in [0.5, 0.6) is 0 Å². The van der Waals surface area contributed by atoms with Crippen LogP contribution in [0, 0.1) is 5.82 Å². The summed E-state index contributed by atoms with van der Waals surface area (Å²) in [6, 6.07) is 4.40. The van der Waals surface area contributed by atoms with Gasteiger partial charge < -0.3 is 5.11 Å². The highest BCUT2D eigenvalue weighted by molar-refractivity contribution is 6.24. The molecular weight excluding hydrogens is 239 g/mol. The Morgan fingerprint density at radius 1 is 1.00 bits per heavy atom. The van der Waals surface area contributed by atoms with Crippen LogP contribution in [0.3, 0.4) is 0 Å². The van der Waals surface area contributed by atoms with Crippen LogP contribution in [0.2, 0.25) is 0 Å². The van der Waals surface area contributed by atoms with Crippen molar-refractivity contribution in [3.63, 3.8) is 0 Å². The van der Waals surface area contributed by atoms with Crippen LogP contribution in [-0.2, 0) is 9.59 Å². The summed E-state index contributed by atoms with van der Waals surface area (Å²) in [6.07, 6.45) is 0. The average molecular weight is 250 g/mol. The summed E-state index contributed by atoms with van der Waals surface area (Å²) in [4.78, 5) is 34.1. The zero-order valence-corrected chi connectivity index (χ0v) is 9.86. The number of hydrogen-bond donors (Lipinski definition) is 1. The third-order valence-electron chi connectivity index (χ3n) is 2.26. The maximum absolute atomic E-state index is 12.7.